The largest absolute Gasteiger partial charge is 0.295 e. The number of hydrogen-bond acceptors (Lipinski definition) is 2. The van der Waals surface area contributed by atoms with E-state index in [1.165, 1.54) is 30.5 Å². The fourth-order valence-corrected chi connectivity index (χ4v) is 2.85. The predicted molar refractivity (Wildman–Crippen MR) is 77.2 cm³/mol. The van der Waals surface area contributed by atoms with Crippen molar-refractivity contribution in [3.8, 4) is 0 Å². The Morgan fingerprint density at radius 2 is 2.11 bits per heavy atom. The second kappa shape index (κ2) is 6.18. The molecule has 0 saturated heterocycles. The van der Waals surface area contributed by atoms with Gasteiger partial charge in [-0.1, -0.05) is 12.5 Å². The van der Waals surface area contributed by atoms with Crippen LogP contribution in [-0.2, 0) is 18.3 Å². The quantitative estimate of drug-likeness (QED) is 0.831. The van der Waals surface area contributed by atoms with Crippen LogP contribution in [0.25, 0.3) is 0 Å². The molecule has 104 valence electrons. The van der Waals surface area contributed by atoms with Gasteiger partial charge in [-0.2, -0.15) is 5.10 Å². The highest BCUT2D eigenvalue weighted by Crippen LogP contribution is 2.21. The van der Waals surface area contributed by atoms with Gasteiger partial charge in [0.1, 0.15) is 0 Å². The zero-order valence-electron chi connectivity index (χ0n) is 12.3. The predicted octanol–water partition coefficient (Wildman–Crippen LogP) is 3.43. The molecule has 1 aromatic rings. The summed E-state index contributed by atoms with van der Waals surface area (Å²) in [5, 5.41) is 4.41. The lowest BCUT2D eigenvalue weighted by molar-refractivity contribution is -0.115. The van der Waals surface area contributed by atoms with Crippen molar-refractivity contribution in [1.82, 2.24) is 9.78 Å². The highest BCUT2D eigenvalue weighted by Gasteiger charge is 2.14. The molecule has 2 rings (SSSR count). The highest BCUT2D eigenvalue weighted by molar-refractivity contribution is 5.95. The Morgan fingerprint density at radius 3 is 2.79 bits per heavy atom. The number of rotatable bonds is 4. The van der Waals surface area contributed by atoms with E-state index in [-0.39, 0.29) is 0 Å². The first-order valence-electron chi connectivity index (χ1n) is 7.31. The number of allylic oxidation sites excluding steroid dienone is 2. The Morgan fingerprint density at radius 1 is 1.32 bits per heavy atom. The van der Waals surface area contributed by atoms with Crippen molar-refractivity contribution >= 4 is 5.78 Å². The van der Waals surface area contributed by atoms with Crippen molar-refractivity contribution < 1.29 is 4.79 Å². The van der Waals surface area contributed by atoms with Crippen LogP contribution in [0.3, 0.4) is 0 Å². The lowest BCUT2D eigenvalue weighted by Gasteiger charge is -2.05. The van der Waals surface area contributed by atoms with Gasteiger partial charge in [0.15, 0.2) is 5.78 Å². The van der Waals surface area contributed by atoms with E-state index >= 15 is 0 Å². The first-order valence-corrected chi connectivity index (χ1v) is 7.31. The number of Topliss-reactive ketones (excluding diaryl/α,β-unsaturated/α-hetero) is 1. The van der Waals surface area contributed by atoms with Crippen LogP contribution in [-0.4, -0.2) is 15.6 Å². The molecule has 0 unspecified atom stereocenters. The molecule has 1 aromatic heterocycles. The Bertz CT molecular complexity index is 497. The summed E-state index contributed by atoms with van der Waals surface area (Å²) in [4.78, 5) is 12.3. The number of carbonyl (C=O) groups excluding carboxylic acids is 1. The zero-order chi connectivity index (χ0) is 13.8. The molecule has 0 radical (unpaired) electrons. The summed E-state index contributed by atoms with van der Waals surface area (Å²) in [6.45, 7) is 4.10. The molecule has 0 atom stereocenters. The van der Waals surface area contributed by atoms with E-state index in [1.807, 2.05) is 18.7 Å². The molecule has 3 nitrogen and oxygen atoms in total. The number of carbonyl (C=O) groups is 1. The first kappa shape index (κ1) is 14.0. The van der Waals surface area contributed by atoms with Crippen LogP contribution in [0.2, 0.25) is 0 Å². The van der Waals surface area contributed by atoms with Crippen molar-refractivity contribution in [1.29, 1.82) is 0 Å². The fraction of sp³-hybridized carbons (Fsp3) is 0.625. The van der Waals surface area contributed by atoms with Gasteiger partial charge in [0.2, 0.25) is 0 Å². The zero-order valence-corrected chi connectivity index (χ0v) is 12.3. The fourth-order valence-electron chi connectivity index (χ4n) is 2.85. The number of nitrogens with zero attached hydrogens (tertiary/aromatic N) is 2. The van der Waals surface area contributed by atoms with Gasteiger partial charge in [0, 0.05) is 19.2 Å². The lowest BCUT2D eigenvalue weighted by Crippen LogP contribution is -2.05. The van der Waals surface area contributed by atoms with Gasteiger partial charge in [-0.15, -0.1) is 0 Å². The molecular formula is C16H24N2O. The summed E-state index contributed by atoms with van der Waals surface area (Å²) in [6.07, 6.45) is 9.32. The molecule has 1 aliphatic rings. The van der Waals surface area contributed by atoms with Crippen LogP contribution < -0.4 is 0 Å². The van der Waals surface area contributed by atoms with Crippen molar-refractivity contribution in [3.63, 3.8) is 0 Å². The van der Waals surface area contributed by atoms with Gasteiger partial charge in [0.05, 0.1) is 5.69 Å². The SMILES string of the molecule is Cc1nn(C)c(C)c1CCC(=O)C1=CCCCCC1. The first-order chi connectivity index (χ1) is 9.09. The minimum Gasteiger partial charge on any atom is -0.295 e. The standard InChI is InChI=1S/C16H24N2O/c1-12-15(13(2)18(3)17-12)10-11-16(19)14-8-6-4-5-7-9-14/h8H,4-7,9-11H2,1-3H3. The number of aromatic nitrogens is 2. The molecule has 0 amide bonds. The molecular weight excluding hydrogens is 236 g/mol. The third-order valence-corrected chi connectivity index (χ3v) is 4.16. The average molecular weight is 260 g/mol. The number of aryl methyl sites for hydroxylation is 2. The Hall–Kier alpha value is -1.38. The molecule has 1 heterocycles. The topological polar surface area (TPSA) is 34.9 Å². The van der Waals surface area contributed by atoms with Crippen LogP contribution in [0.4, 0.5) is 0 Å². The van der Waals surface area contributed by atoms with Crippen molar-refractivity contribution in [2.24, 2.45) is 7.05 Å². The summed E-state index contributed by atoms with van der Waals surface area (Å²) in [5.74, 6) is 0.338. The maximum absolute atomic E-state index is 12.3. The molecule has 19 heavy (non-hydrogen) atoms. The van der Waals surface area contributed by atoms with Crippen molar-refractivity contribution in [2.75, 3.05) is 0 Å². The monoisotopic (exact) mass is 260 g/mol. The van der Waals surface area contributed by atoms with E-state index < -0.39 is 0 Å². The van der Waals surface area contributed by atoms with Gasteiger partial charge in [-0.05, 0) is 57.1 Å². The summed E-state index contributed by atoms with van der Waals surface area (Å²) >= 11 is 0. The molecule has 0 bridgehead atoms. The van der Waals surface area contributed by atoms with Gasteiger partial charge < -0.3 is 0 Å². The summed E-state index contributed by atoms with van der Waals surface area (Å²) in [5.41, 5.74) is 4.55. The minimum absolute atomic E-state index is 0.338. The van der Waals surface area contributed by atoms with Gasteiger partial charge in [0.25, 0.3) is 0 Å². The van der Waals surface area contributed by atoms with Crippen LogP contribution in [0, 0.1) is 13.8 Å². The molecule has 0 fully saturated rings. The van der Waals surface area contributed by atoms with Crippen LogP contribution in [0.5, 0.6) is 0 Å². The van der Waals surface area contributed by atoms with Gasteiger partial charge in [-0.3, -0.25) is 9.48 Å². The van der Waals surface area contributed by atoms with E-state index in [1.54, 1.807) is 0 Å². The molecule has 1 aliphatic carbocycles. The third-order valence-electron chi connectivity index (χ3n) is 4.16. The van der Waals surface area contributed by atoms with Crippen LogP contribution >= 0.6 is 0 Å². The Balaban J connectivity index is 1.98. The van der Waals surface area contributed by atoms with Crippen LogP contribution in [0.1, 0.15) is 55.5 Å². The third kappa shape index (κ3) is 3.34. The normalized spacial score (nSPS) is 16.1. The summed E-state index contributed by atoms with van der Waals surface area (Å²) in [6, 6.07) is 0. The Kier molecular flexibility index (Phi) is 4.56. The van der Waals surface area contributed by atoms with E-state index in [0.29, 0.717) is 12.2 Å². The highest BCUT2D eigenvalue weighted by atomic mass is 16.1. The van der Waals surface area contributed by atoms with Crippen molar-refractivity contribution in [3.05, 3.63) is 28.6 Å². The summed E-state index contributed by atoms with van der Waals surface area (Å²) in [7, 11) is 1.96. The molecule has 0 aromatic carbocycles. The maximum Gasteiger partial charge on any atom is 0.158 e. The second-order valence-corrected chi connectivity index (χ2v) is 5.52. The van der Waals surface area contributed by atoms with E-state index in [2.05, 4.69) is 18.1 Å². The van der Waals surface area contributed by atoms with Crippen molar-refractivity contribution in [2.45, 2.75) is 58.8 Å². The minimum atomic E-state index is 0.338. The Labute approximate surface area is 115 Å². The smallest absolute Gasteiger partial charge is 0.158 e. The van der Waals surface area contributed by atoms with E-state index in [4.69, 9.17) is 0 Å². The van der Waals surface area contributed by atoms with Crippen LogP contribution in [0.15, 0.2) is 11.6 Å². The molecule has 0 spiro atoms. The summed E-state index contributed by atoms with van der Waals surface area (Å²) < 4.78 is 1.90. The van der Waals surface area contributed by atoms with Gasteiger partial charge in [-0.25, -0.2) is 0 Å². The maximum atomic E-state index is 12.3. The number of hydrogen-bond donors (Lipinski definition) is 0. The van der Waals surface area contributed by atoms with Gasteiger partial charge >= 0.3 is 0 Å². The van der Waals surface area contributed by atoms with E-state index in [0.717, 1.165) is 30.5 Å². The molecule has 0 aliphatic heterocycles. The molecule has 3 heteroatoms. The second-order valence-electron chi connectivity index (χ2n) is 5.52. The molecule has 0 N–H and O–H groups in total. The molecule has 0 saturated carbocycles. The van der Waals surface area contributed by atoms with E-state index in [9.17, 15) is 4.79 Å². The number of ketones is 1. The lowest BCUT2D eigenvalue weighted by atomic mass is 9.99. The average Bonchev–Trinajstić information content (AvgIpc) is 2.62.